The molecule has 2 heterocycles. The zero-order valence-corrected chi connectivity index (χ0v) is 12.9. The first kappa shape index (κ1) is 16.2. The molecule has 1 aromatic carbocycles. The first-order chi connectivity index (χ1) is 11.5. The highest BCUT2D eigenvalue weighted by Crippen LogP contribution is 2.30. The van der Waals surface area contributed by atoms with Gasteiger partial charge in [-0.15, -0.1) is 0 Å². The van der Waals surface area contributed by atoms with Gasteiger partial charge < -0.3 is 15.2 Å². The highest BCUT2D eigenvalue weighted by Gasteiger charge is 2.30. The van der Waals surface area contributed by atoms with Crippen molar-refractivity contribution in [2.45, 2.75) is 18.9 Å². The van der Waals surface area contributed by atoms with Crippen molar-refractivity contribution in [3.05, 3.63) is 59.4 Å². The van der Waals surface area contributed by atoms with Gasteiger partial charge in [-0.05, 0) is 37.1 Å². The second-order valence-corrected chi connectivity index (χ2v) is 5.71. The second kappa shape index (κ2) is 6.82. The van der Waals surface area contributed by atoms with E-state index in [9.17, 15) is 18.4 Å². The molecule has 24 heavy (non-hydrogen) atoms. The van der Waals surface area contributed by atoms with Crippen LogP contribution in [0.1, 0.15) is 34.9 Å². The fraction of sp³-hybridized carbons (Fsp3) is 0.294. The number of amides is 2. The molecule has 2 aromatic rings. The van der Waals surface area contributed by atoms with Gasteiger partial charge in [0.15, 0.2) is 0 Å². The van der Waals surface area contributed by atoms with E-state index in [0.717, 1.165) is 30.7 Å². The van der Waals surface area contributed by atoms with Gasteiger partial charge in [-0.25, -0.2) is 8.78 Å². The summed E-state index contributed by atoms with van der Waals surface area (Å²) in [5, 5.41) is 2.42. The summed E-state index contributed by atoms with van der Waals surface area (Å²) < 4.78 is 26.3. The van der Waals surface area contributed by atoms with Crippen molar-refractivity contribution in [3.8, 4) is 0 Å². The predicted octanol–water partition coefficient (Wildman–Crippen LogP) is 2.39. The summed E-state index contributed by atoms with van der Waals surface area (Å²) in [7, 11) is 0. The van der Waals surface area contributed by atoms with Gasteiger partial charge in [0.05, 0.1) is 12.6 Å². The van der Waals surface area contributed by atoms with Crippen LogP contribution in [0.5, 0.6) is 0 Å². The monoisotopic (exact) mass is 333 g/mol. The summed E-state index contributed by atoms with van der Waals surface area (Å²) >= 11 is 0. The van der Waals surface area contributed by atoms with Crippen LogP contribution in [0.25, 0.3) is 0 Å². The molecular weight excluding hydrogens is 316 g/mol. The van der Waals surface area contributed by atoms with Crippen molar-refractivity contribution >= 4 is 11.8 Å². The summed E-state index contributed by atoms with van der Waals surface area (Å²) in [6, 6.07) is 6.31. The number of nitrogens with one attached hydrogen (secondary N) is 2. The molecule has 3 rings (SSSR count). The van der Waals surface area contributed by atoms with Crippen LogP contribution in [0.4, 0.5) is 8.78 Å². The average Bonchev–Trinajstić information content (AvgIpc) is 3.21. The third-order valence-electron chi connectivity index (χ3n) is 4.08. The first-order valence-corrected chi connectivity index (χ1v) is 7.71. The van der Waals surface area contributed by atoms with Crippen LogP contribution < -0.4 is 5.32 Å². The maximum atomic E-state index is 13.1. The molecule has 1 fully saturated rings. The topological polar surface area (TPSA) is 65.2 Å². The van der Waals surface area contributed by atoms with E-state index >= 15 is 0 Å². The Morgan fingerprint density at radius 3 is 2.67 bits per heavy atom. The molecule has 0 bridgehead atoms. The van der Waals surface area contributed by atoms with Crippen LogP contribution in [0, 0.1) is 11.6 Å². The number of carbonyl (C=O) groups excluding carboxylic acids is 2. The summed E-state index contributed by atoms with van der Waals surface area (Å²) in [6.45, 7) is 0.404. The Hall–Kier alpha value is -2.70. The zero-order valence-electron chi connectivity index (χ0n) is 12.9. The number of carbonyl (C=O) groups is 2. The van der Waals surface area contributed by atoms with Crippen molar-refractivity contribution in [3.63, 3.8) is 0 Å². The molecule has 1 aromatic heterocycles. The number of H-pyrrole nitrogens is 1. The number of likely N-dealkylation sites (tertiary alicyclic amines) is 1. The number of halogens is 2. The van der Waals surface area contributed by atoms with Crippen molar-refractivity contribution in [2.75, 3.05) is 13.1 Å². The van der Waals surface area contributed by atoms with E-state index in [1.54, 1.807) is 11.1 Å². The van der Waals surface area contributed by atoms with E-state index in [1.807, 2.05) is 12.1 Å². The minimum atomic E-state index is -0.835. The van der Waals surface area contributed by atoms with Gasteiger partial charge in [-0.2, -0.15) is 0 Å². The number of nitrogens with zero attached hydrogens (tertiary/aromatic N) is 1. The molecule has 0 unspecified atom stereocenters. The highest BCUT2D eigenvalue weighted by molar-refractivity contribution is 5.96. The highest BCUT2D eigenvalue weighted by atomic mass is 19.1. The van der Waals surface area contributed by atoms with Gasteiger partial charge in [0, 0.05) is 30.1 Å². The number of hydrogen-bond donors (Lipinski definition) is 2. The van der Waals surface area contributed by atoms with Gasteiger partial charge in [0.25, 0.3) is 5.91 Å². The molecule has 2 amide bonds. The van der Waals surface area contributed by atoms with E-state index in [4.69, 9.17) is 0 Å². The lowest BCUT2D eigenvalue weighted by Crippen LogP contribution is -2.40. The smallest absolute Gasteiger partial charge is 0.251 e. The Kier molecular flexibility index (Phi) is 4.59. The molecule has 126 valence electrons. The number of benzene rings is 1. The normalized spacial score (nSPS) is 17.1. The summed E-state index contributed by atoms with van der Waals surface area (Å²) in [4.78, 5) is 29.1. The lowest BCUT2D eigenvalue weighted by atomic mass is 10.1. The molecule has 0 radical (unpaired) electrons. The Bertz CT molecular complexity index is 726. The Labute approximate surface area is 137 Å². The minimum Gasteiger partial charge on any atom is -0.363 e. The van der Waals surface area contributed by atoms with Crippen LogP contribution in [0.3, 0.4) is 0 Å². The molecule has 1 atom stereocenters. The quantitative estimate of drug-likeness (QED) is 0.902. The Morgan fingerprint density at radius 1 is 1.25 bits per heavy atom. The van der Waals surface area contributed by atoms with Crippen molar-refractivity contribution < 1.29 is 18.4 Å². The van der Waals surface area contributed by atoms with E-state index in [0.29, 0.717) is 12.6 Å². The number of rotatable bonds is 4. The predicted molar refractivity (Wildman–Crippen MR) is 83.2 cm³/mol. The summed E-state index contributed by atoms with van der Waals surface area (Å²) in [5.41, 5.74) is 0.807. The molecular formula is C17H17F2N3O2. The van der Waals surface area contributed by atoms with Gasteiger partial charge in [-0.3, -0.25) is 9.59 Å². The molecule has 1 aliphatic heterocycles. The number of aromatic amines is 1. The van der Waals surface area contributed by atoms with Crippen LogP contribution in [0.2, 0.25) is 0 Å². The fourth-order valence-corrected chi connectivity index (χ4v) is 2.98. The van der Waals surface area contributed by atoms with E-state index < -0.39 is 17.5 Å². The molecule has 0 aliphatic carbocycles. The van der Waals surface area contributed by atoms with E-state index in [-0.39, 0.29) is 24.1 Å². The third kappa shape index (κ3) is 3.45. The van der Waals surface area contributed by atoms with Crippen molar-refractivity contribution in [1.82, 2.24) is 15.2 Å². The number of aromatic nitrogens is 1. The van der Waals surface area contributed by atoms with E-state index in [2.05, 4.69) is 10.3 Å². The lowest BCUT2D eigenvalue weighted by Gasteiger charge is -2.24. The van der Waals surface area contributed by atoms with Crippen molar-refractivity contribution in [1.29, 1.82) is 0 Å². The third-order valence-corrected chi connectivity index (χ3v) is 4.08. The van der Waals surface area contributed by atoms with Crippen LogP contribution in [-0.2, 0) is 4.79 Å². The molecule has 0 spiro atoms. The van der Waals surface area contributed by atoms with Crippen molar-refractivity contribution in [2.24, 2.45) is 0 Å². The Morgan fingerprint density at radius 2 is 2.00 bits per heavy atom. The van der Waals surface area contributed by atoms with E-state index in [1.165, 1.54) is 0 Å². The van der Waals surface area contributed by atoms with Gasteiger partial charge in [0.2, 0.25) is 5.91 Å². The SMILES string of the molecule is O=C(NCC(=O)N1CCC[C@@H]1c1ccc[nH]1)c1cc(F)cc(F)c1. The Balaban J connectivity index is 1.61. The maximum absolute atomic E-state index is 13.1. The zero-order chi connectivity index (χ0) is 17.1. The largest absolute Gasteiger partial charge is 0.363 e. The number of hydrogen-bond acceptors (Lipinski definition) is 2. The van der Waals surface area contributed by atoms with Gasteiger partial charge >= 0.3 is 0 Å². The van der Waals surface area contributed by atoms with Gasteiger partial charge in [0.1, 0.15) is 11.6 Å². The average molecular weight is 333 g/mol. The van der Waals surface area contributed by atoms with Crippen LogP contribution in [-0.4, -0.2) is 34.8 Å². The second-order valence-electron chi connectivity index (χ2n) is 5.71. The first-order valence-electron chi connectivity index (χ1n) is 7.71. The summed E-state index contributed by atoms with van der Waals surface area (Å²) in [6.07, 6.45) is 3.55. The molecule has 7 heteroatoms. The van der Waals surface area contributed by atoms with Crippen LogP contribution in [0.15, 0.2) is 36.5 Å². The standard InChI is InChI=1S/C17H17F2N3O2/c18-12-7-11(8-13(19)9-12)17(24)21-10-16(23)22-6-2-4-15(22)14-3-1-5-20-14/h1,3,5,7-9,15,20H,2,4,6,10H2,(H,21,24)/t15-/m1/s1. The molecule has 0 saturated carbocycles. The maximum Gasteiger partial charge on any atom is 0.251 e. The lowest BCUT2D eigenvalue weighted by molar-refractivity contribution is -0.131. The van der Waals surface area contributed by atoms with Crippen LogP contribution >= 0.6 is 0 Å². The van der Waals surface area contributed by atoms with Gasteiger partial charge in [-0.1, -0.05) is 0 Å². The minimum absolute atomic E-state index is 0.0315. The fourth-order valence-electron chi connectivity index (χ4n) is 2.98. The molecule has 1 aliphatic rings. The molecule has 2 N–H and O–H groups in total. The summed E-state index contributed by atoms with van der Waals surface area (Å²) in [5.74, 6) is -2.58. The molecule has 1 saturated heterocycles. The molecule has 5 nitrogen and oxygen atoms in total.